The van der Waals surface area contributed by atoms with Crippen molar-refractivity contribution >= 4 is 83.6 Å². The van der Waals surface area contributed by atoms with Crippen LogP contribution in [0.4, 0.5) is 22.7 Å². The molecule has 58 heavy (non-hydrogen) atoms. The number of anilines is 4. The van der Waals surface area contributed by atoms with Crippen molar-refractivity contribution in [3.05, 3.63) is 156 Å². The van der Waals surface area contributed by atoms with Crippen LogP contribution in [0.2, 0.25) is 0 Å². The summed E-state index contributed by atoms with van der Waals surface area (Å²) in [6, 6.07) is 42.6. The number of rotatable bonds is 7. The van der Waals surface area contributed by atoms with E-state index in [1.807, 2.05) is 97.9 Å². The number of fused-ring (bicyclic) bond motifs is 2. The summed E-state index contributed by atoms with van der Waals surface area (Å²) in [5.74, 6) is -1.13. The van der Waals surface area contributed by atoms with Crippen molar-refractivity contribution in [1.82, 2.24) is 9.97 Å². The van der Waals surface area contributed by atoms with E-state index in [0.717, 1.165) is 56.2 Å². The zero-order valence-corrected chi connectivity index (χ0v) is 34.2. The van der Waals surface area contributed by atoms with E-state index in [4.69, 9.17) is 20.6 Å². The fraction of sp³-hybridized carbons (Fsp3) is 0.109. The minimum Gasteiger partial charge on any atom is -0.481 e. The van der Waals surface area contributed by atoms with Gasteiger partial charge in [0.15, 0.2) is 0 Å². The van der Waals surface area contributed by atoms with Gasteiger partial charge in [0.25, 0.3) is 17.8 Å². The molecule has 0 unspecified atom stereocenters. The predicted octanol–water partition coefficient (Wildman–Crippen LogP) is 10.8. The summed E-state index contributed by atoms with van der Waals surface area (Å²) in [5, 5.41) is 15.2. The third-order valence-corrected chi connectivity index (χ3v) is 10.8. The second kappa shape index (κ2) is 18.4. The highest BCUT2D eigenvalue weighted by Crippen LogP contribution is 2.33. The molecule has 0 saturated carbocycles. The first-order valence-corrected chi connectivity index (χ1v) is 19.8. The van der Waals surface area contributed by atoms with Gasteiger partial charge < -0.3 is 26.4 Å². The molecule has 12 heteroatoms. The number of nitrogens with two attached hydrogens (primary N) is 1. The molecule has 0 aliphatic heterocycles. The Balaban J connectivity index is 0.000000180. The molecule has 8 rings (SSSR count). The van der Waals surface area contributed by atoms with Gasteiger partial charge in [0.2, 0.25) is 0 Å². The molecule has 0 aliphatic carbocycles. The number of nitrogens with zero attached hydrogens (tertiary/aromatic N) is 3. The fourth-order valence-electron chi connectivity index (χ4n) is 5.71. The van der Waals surface area contributed by atoms with Crippen molar-refractivity contribution in [1.29, 1.82) is 0 Å². The van der Waals surface area contributed by atoms with E-state index in [9.17, 15) is 9.59 Å². The monoisotopic (exact) mass is 806 g/mol. The molecular weight excluding hydrogens is 765 g/mol. The number of carboxylic acid groups (broad SMARTS) is 1. The number of nitrogens with one attached hydrogen (secondary N) is 2. The van der Waals surface area contributed by atoms with Crippen LogP contribution in [-0.4, -0.2) is 47.0 Å². The molecule has 6 aromatic carbocycles. The highest BCUT2D eigenvalue weighted by Gasteiger charge is 2.11. The Morgan fingerprint density at radius 1 is 0.603 bits per heavy atom. The molecule has 0 spiro atoms. The number of hydrogen-bond donors (Lipinski definition) is 4. The summed E-state index contributed by atoms with van der Waals surface area (Å²) in [4.78, 5) is 45.2. The van der Waals surface area contributed by atoms with E-state index < -0.39 is 5.97 Å². The molecule has 5 N–H and O–H groups in total. The summed E-state index contributed by atoms with van der Waals surface area (Å²) in [6.07, 6.45) is 0. The number of aryl methyl sites for hydroxylation is 2. The van der Waals surface area contributed by atoms with Gasteiger partial charge in [-0.1, -0.05) is 24.3 Å². The lowest BCUT2D eigenvalue weighted by Gasteiger charge is -2.13. The van der Waals surface area contributed by atoms with E-state index in [-0.39, 0.29) is 11.8 Å². The summed E-state index contributed by atoms with van der Waals surface area (Å²) >= 11 is 3.35. The van der Waals surface area contributed by atoms with Crippen molar-refractivity contribution in [2.45, 2.75) is 20.8 Å². The molecule has 8 aromatic rings. The number of carboxylic acids is 1. The van der Waals surface area contributed by atoms with E-state index in [1.165, 1.54) is 20.5 Å². The van der Waals surface area contributed by atoms with Crippen molar-refractivity contribution in [2.24, 2.45) is 0 Å². The average Bonchev–Trinajstić information content (AvgIpc) is 3.82. The molecule has 0 aliphatic rings. The molecule has 292 valence electrons. The van der Waals surface area contributed by atoms with Crippen molar-refractivity contribution in [3.63, 3.8) is 0 Å². The second-order valence-electron chi connectivity index (χ2n) is 13.6. The van der Waals surface area contributed by atoms with Crippen molar-refractivity contribution in [3.8, 4) is 21.1 Å². The Hall–Kier alpha value is -6.89. The van der Waals surface area contributed by atoms with Crippen LogP contribution in [0.5, 0.6) is 0 Å². The van der Waals surface area contributed by atoms with Crippen LogP contribution in [0.15, 0.2) is 133 Å². The lowest BCUT2D eigenvalue weighted by Crippen LogP contribution is -2.14. The van der Waals surface area contributed by atoms with Gasteiger partial charge in [-0.15, -0.1) is 22.7 Å². The van der Waals surface area contributed by atoms with Gasteiger partial charge in [-0.25, -0.2) is 9.97 Å². The smallest absolute Gasteiger partial charge is 0.300 e. The molecule has 2 heterocycles. The number of nitrogen functional groups attached to an aromatic ring is 1. The fourth-order valence-corrected chi connectivity index (χ4v) is 7.85. The number of carbonyl (C=O) groups excluding carboxylic acids is 2. The van der Waals surface area contributed by atoms with Crippen LogP contribution in [0.25, 0.3) is 41.6 Å². The number of aromatic nitrogens is 2. The number of aliphatic carboxylic acids is 1. The third-order valence-electron chi connectivity index (χ3n) is 8.64. The topological polar surface area (TPSA) is 151 Å². The molecule has 10 nitrogen and oxygen atoms in total. The number of thiazole rings is 2. The van der Waals surface area contributed by atoms with Gasteiger partial charge in [-0.05, 0) is 134 Å². The first-order valence-electron chi connectivity index (χ1n) is 18.2. The number of benzene rings is 6. The van der Waals surface area contributed by atoms with Crippen molar-refractivity contribution in [2.75, 3.05) is 35.4 Å². The predicted molar refractivity (Wildman–Crippen MR) is 240 cm³/mol. The van der Waals surface area contributed by atoms with Gasteiger partial charge in [-0.2, -0.15) is 0 Å². The molecule has 0 radical (unpaired) electrons. The highest BCUT2D eigenvalue weighted by molar-refractivity contribution is 7.22. The normalized spacial score (nSPS) is 10.5. The second-order valence-corrected chi connectivity index (χ2v) is 15.7. The van der Waals surface area contributed by atoms with Gasteiger partial charge in [-0.3, -0.25) is 14.4 Å². The Morgan fingerprint density at radius 2 is 1.03 bits per heavy atom. The summed E-state index contributed by atoms with van der Waals surface area (Å²) in [5.41, 5.74) is 16.5. The van der Waals surface area contributed by atoms with Crippen LogP contribution in [0.3, 0.4) is 0 Å². The van der Waals surface area contributed by atoms with Crippen LogP contribution in [-0.2, 0) is 4.79 Å². The van der Waals surface area contributed by atoms with Crippen molar-refractivity contribution < 1.29 is 19.5 Å². The Bertz CT molecular complexity index is 2720. The Kier molecular flexibility index (Phi) is 12.9. The van der Waals surface area contributed by atoms with Gasteiger partial charge >= 0.3 is 0 Å². The highest BCUT2D eigenvalue weighted by atomic mass is 32.1. The number of amides is 2. The number of hydrogen-bond acceptors (Lipinski definition) is 9. The maximum absolute atomic E-state index is 12.6. The summed E-state index contributed by atoms with van der Waals surface area (Å²) < 4.78 is 2.37. The minimum atomic E-state index is -0.833. The standard InChI is InChI=1S/C23H21N3OS.C21H17N3OS.C2H4O2/c1-15-7-12-20-21(13-15)28-23(25-20)16-8-10-18(11-9-16)24-22(27)17-5-4-6-19(14-17)26(2)3;1-13-5-10-18-19(11-13)26-21(24-18)14-6-8-17(9-7-14)23-20(25)15-3-2-4-16(22)12-15;1-2(3)4/h4-14H,1-3H3,(H,24,27);2-12H,22H2,1H3,(H,23,25);1H3,(H,3,4). The average molecular weight is 807 g/mol. The van der Waals surface area contributed by atoms with Crippen LogP contribution < -0.4 is 21.3 Å². The largest absolute Gasteiger partial charge is 0.481 e. The molecule has 2 aromatic heterocycles. The van der Waals surface area contributed by atoms with E-state index in [1.54, 1.807) is 46.9 Å². The van der Waals surface area contributed by atoms with E-state index >= 15 is 0 Å². The first-order chi connectivity index (χ1) is 27.8. The maximum Gasteiger partial charge on any atom is 0.300 e. The lowest BCUT2D eigenvalue weighted by atomic mass is 10.1. The van der Waals surface area contributed by atoms with Crippen LogP contribution >= 0.6 is 22.7 Å². The van der Waals surface area contributed by atoms with Crippen LogP contribution in [0, 0.1) is 13.8 Å². The SMILES string of the molecule is CC(=O)O.Cc1ccc2nc(-c3ccc(NC(=O)c4cccc(N(C)C)c4)cc3)sc2c1.Cc1ccc2nc(-c3ccc(NC(=O)c4cccc(N)c4)cc3)sc2c1. The first kappa shape index (κ1) is 40.8. The van der Waals surface area contributed by atoms with Gasteiger partial charge in [0, 0.05) is 66.0 Å². The molecule has 0 bridgehead atoms. The summed E-state index contributed by atoms with van der Waals surface area (Å²) in [7, 11) is 3.91. The van der Waals surface area contributed by atoms with E-state index in [0.29, 0.717) is 16.8 Å². The Morgan fingerprint density at radius 3 is 1.47 bits per heavy atom. The quantitative estimate of drug-likeness (QED) is 0.116. The molecular formula is C46H42N6O4S2. The molecule has 0 saturated heterocycles. The minimum absolute atomic E-state index is 0.119. The van der Waals surface area contributed by atoms with Gasteiger partial charge in [0.05, 0.1) is 20.4 Å². The van der Waals surface area contributed by atoms with Gasteiger partial charge in [0.1, 0.15) is 10.0 Å². The van der Waals surface area contributed by atoms with Crippen LogP contribution in [0.1, 0.15) is 38.8 Å². The number of carbonyl (C=O) groups is 3. The molecule has 2 amide bonds. The summed E-state index contributed by atoms with van der Waals surface area (Å²) in [6.45, 7) is 5.25. The molecule has 0 atom stereocenters. The zero-order valence-electron chi connectivity index (χ0n) is 32.6. The van der Waals surface area contributed by atoms with E-state index in [2.05, 4.69) is 59.8 Å². The zero-order chi connectivity index (χ0) is 41.3. The Labute approximate surface area is 344 Å². The maximum atomic E-state index is 12.6. The third kappa shape index (κ3) is 10.7. The molecule has 0 fully saturated rings. The lowest BCUT2D eigenvalue weighted by molar-refractivity contribution is -0.134.